The van der Waals surface area contributed by atoms with Crippen molar-refractivity contribution in [2.45, 2.75) is 0 Å². The molecule has 1 unspecified atom stereocenters. The zero-order chi connectivity index (χ0) is 19.7. The Morgan fingerprint density at radius 2 is 1.79 bits per heavy atom. The van der Waals surface area contributed by atoms with Crippen molar-refractivity contribution in [3.63, 3.8) is 0 Å². The van der Waals surface area contributed by atoms with Gasteiger partial charge in [0.2, 0.25) is 11.8 Å². The second-order valence-electron chi connectivity index (χ2n) is 6.24. The molecule has 9 heteroatoms. The monoisotopic (exact) mass is 401 g/mol. The molecule has 4 rings (SSSR count). The Kier molecular flexibility index (Phi) is 4.79. The molecule has 28 heavy (non-hydrogen) atoms. The summed E-state index contributed by atoms with van der Waals surface area (Å²) in [5.41, 5.74) is 0.806. The van der Waals surface area contributed by atoms with Crippen LogP contribution in [0.2, 0.25) is 5.02 Å². The van der Waals surface area contributed by atoms with Crippen molar-refractivity contribution >= 4 is 40.8 Å². The molecule has 2 aromatic rings. The van der Waals surface area contributed by atoms with Crippen LogP contribution < -0.4 is 25.0 Å². The lowest BCUT2D eigenvalue weighted by Gasteiger charge is -2.30. The van der Waals surface area contributed by atoms with E-state index in [0.29, 0.717) is 41.1 Å². The number of hydrogen-bond acceptors (Lipinski definition) is 5. The molecule has 0 aromatic heterocycles. The number of urea groups is 1. The van der Waals surface area contributed by atoms with E-state index in [4.69, 9.17) is 21.1 Å². The highest BCUT2D eigenvalue weighted by molar-refractivity contribution is 6.30. The van der Waals surface area contributed by atoms with E-state index in [1.165, 1.54) is 0 Å². The number of ether oxygens (including phenoxy) is 2. The first-order valence-electron chi connectivity index (χ1n) is 8.61. The van der Waals surface area contributed by atoms with Crippen LogP contribution in [0.4, 0.5) is 16.2 Å². The second-order valence-corrected chi connectivity index (χ2v) is 6.67. The average molecular weight is 402 g/mol. The zero-order valence-corrected chi connectivity index (χ0v) is 15.4. The fraction of sp³-hybridized carbons (Fsp3) is 0.211. The maximum absolute atomic E-state index is 12.8. The Bertz CT molecular complexity index is 947. The van der Waals surface area contributed by atoms with E-state index in [1.807, 2.05) is 0 Å². The van der Waals surface area contributed by atoms with Crippen molar-refractivity contribution < 1.29 is 23.9 Å². The summed E-state index contributed by atoms with van der Waals surface area (Å²) in [5.74, 6) is -1.09. The van der Waals surface area contributed by atoms with E-state index in [-0.39, 0.29) is 6.54 Å². The van der Waals surface area contributed by atoms with Crippen LogP contribution in [0.25, 0.3) is 0 Å². The summed E-state index contributed by atoms with van der Waals surface area (Å²) in [6, 6.07) is 10.6. The number of nitrogens with one attached hydrogen (secondary N) is 2. The van der Waals surface area contributed by atoms with Crippen molar-refractivity contribution in [3.05, 3.63) is 47.5 Å². The number of benzene rings is 2. The van der Waals surface area contributed by atoms with Gasteiger partial charge in [-0.15, -0.1) is 0 Å². The van der Waals surface area contributed by atoms with E-state index in [1.54, 1.807) is 42.5 Å². The Labute approximate surface area is 165 Å². The van der Waals surface area contributed by atoms with E-state index in [2.05, 4.69) is 10.6 Å². The van der Waals surface area contributed by atoms with Crippen molar-refractivity contribution in [2.75, 3.05) is 30.0 Å². The maximum atomic E-state index is 12.8. The number of carbonyl (C=O) groups excluding carboxylic acids is 3. The van der Waals surface area contributed by atoms with Gasteiger partial charge in [-0.05, 0) is 36.4 Å². The lowest BCUT2D eigenvalue weighted by Crippen LogP contribution is -2.58. The minimum Gasteiger partial charge on any atom is -0.486 e. The van der Waals surface area contributed by atoms with E-state index in [0.717, 1.165) is 4.90 Å². The molecule has 0 aliphatic carbocycles. The second kappa shape index (κ2) is 7.40. The van der Waals surface area contributed by atoms with Crippen LogP contribution in [0.3, 0.4) is 0 Å². The van der Waals surface area contributed by atoms with E-state index < -0.39 is 23.8 Å². The Morgan fingerprint density at radius 3 is 2.54 bits per heavy atom. The molecular formula is C19H16ClN3O5. The lowest BCUT2D eigenvalue weighted by molar-refractivity contribution is -0.130. The molecule has 144 valence electrons. The molecule has 2 aliphatic rings. The number of amides is 4. The summed E-state index contributed by atoms with van der Waals surface area (Å²) in [4.78, 5) is 38.6. The first-order chi connectivity index (χ1) is 13.5. The standard InChI is InChI=1S/C19H16ClN3O5/c20-11-1-4-13(5-2-11)23-18(25)14(10-21-19(23)26)17(24)22-12-3-6-15-16(9-12)28-8-7-27-15/h1-6,9,14H,7-8,10H2,(H,21,26)(H,22,24). The smallest absolute Gasteiger partial charge is 0.328 e. The predicted octanol–water partition coefficient (Wildman–Crippen LogP) is 2.42. The molecule has 1 saturated heterocycles. The molecule has 2 aliphatic heterocycles. The number of nitrogens with zero attached hydrogens (tertiary/aromatic N) is 1. The van der Waals surface area contributed by atoms with Crippen LogP contribution in [-0.4, -0.2) is 37.6 Å². The summed E-state index contributed by atoms with van der Waals surface area (Å²) in [6.07, 6.45) is 0. The summed E-state index contributed by atoms with van der Waals surface area (Å²) in [7, 11) is 0. The Balaban J connectivity index is 1.51. The minimum atomic E-state index is -1.07. The number of imide groups is 1. The number of carbonyl (C=O) groups is 3. The molecule has 0 saturated carbocycles. The number of anilines is 2. The number of halogens is 1. The topological polar surface area (TPSA) is 97.0 Å². The SMILES string of the molecule is O=C(Nc1ccc2c(c1)OCCO2)C1CNC(=O)N(c2ccc(Cl)cc2)C1=O. The summed E-state index contributed by atoms with van der Waals surface area (Å²) >= 11 is 5.86. The third kappa shape index (κ3) is 3.46. The van der Waals surface area contributed by atoms with Crippen LogP contribution in [0, 0.1) is 5.92 Å². The van der Waals surface area contributed by atoms with Gasteiger partial charge in [0.15, 0.2) is 11.5 Å². The third-order valence-corrected chi connectivity index (χ3v) is 4.64. The van der Waals surface area contributed by atoms with Crippen LogP contribution in [-0.2, 0) is 9.59 Å². The van der Waals surface area contributed by atoms with Crippen molar-refractivity contribution in [1.82, 2.24) is 5.32 Å². The molecule has 4 amide bonds. The molecule has 0 bridgehead atoms. The van der Waals surface area contributed by atoms with Crippen molar-refractivity contribution in [1.29, 1.82) is 0 Å². The summed E-state index contributed by atoms with van der Waals surface area (Å²) < 4.78 is 10.9. The fourth-order valence-corrected chi connectivity index (χ4v) is 3.13. The van der Waals surface area contributed by atoms with Crippen LogP contribution in [0.15, 0.2) is 42.5 Å². The van der Waals surface area contributed by atoms with E-state index in [9.17, 15) is 14.4 Å². The highest BCUT2D eigenvalue weighted by Crippen LogP contribution is 2.33. The molecule has 8 nitrogen and oxygen atoms in total. The van der Waals surface area contributed by atoms with Gasteiger partial charge in [-0.2, -0.15) is 0 Å². The maximum Gasteiger partial charge on any atom is 0.328 e. The summed E-state index contributed by atoms with van der Waals surface area (Å²) in [6.45, 7) is 0.807. The van der Waals surface area contributed by atoms with Gasteiger partial charge in [-0.25, -0.2) is 9.69 Å². The summed E-state index contributed by atoms with van der Waals surface area (Å²) in [5, 5.41) is 5.74. The third-order valence-electron chi connectivity index (χ3n) is 4.39. The van der Waals surface area contributed by atoms with Gasteiger partial charge in [-0.3, -0.25) is 9.59 Å². The largest absolute Gasteiger partial charge is 0.486 e. The van der Waals surface area contributed by atoms with Crippen LogP contribution in [0.5, 0.6) is 11.5 Å². The predicted molar refractivity (Wildman–Crippen MR) is 102 cm³/mol. The molecule has 0 radical (unpaired) electrons. The normalized spacial score (nSPS) is 18.5. The molecule has 1 fully saturated rings. The first kappa shape index (κ1) is 18.1. The van der Waals surface area contributed by atoms with Gasteiger partial charge in [0.1, 0.15) is 19.1 Å². The molecular weight excluding hydrogens is 386 g/mol. The zero-order valence-electron chi connectivity index (χ0n) is 14.6. The number of hydrogen-bond donors (Lipinski definition) is 2. The van der Waals surface area contributed by atoms with Gasteiger partial charge in [0.05, 0.1) is 5.69 Å². The highest BCUT2D eigenvalue weighted by Gasteiger charge is 2.39. The van der Waals surface area contributed by atoms with Gasteiger partial charge in [0, 0.05) is 23.3 Å². The highest BCUT2D eigenvalue weighted by atomic mass is 35.5. The molecule has 0 spiro atoms. The van der Waals surface area contributed by atoms with Gasteiger partial charge in [-0.1, -0.05) is 11.6 Å². The van der Waals surface area contributed by atoms with Crippen molar-refractivity contribution in [3.8, 4) is 11.5 Å². The first-order valence-corrected chi connectivity index (χ1v) is 8.98. The quantitative estimate of drug-likeness (QED) is 0.770. The minimum absolute atomic E-state index is 0.0852. The van der Waals surface area contributed by atoms with E-state index >= 15 is 0 Å². The lowest BCUT2D eigenvalue weighted by atomic mass is 10.0. The van der Waals surface area contributed by atoms with Gasteiger partial charge < -0.3 is 20.1 Å². The van der Waals surface area contributed by atoms with Gasteiger partial charge >= 0.3 is 6.03 Å². The van der Waals surface area contributed by atoms with Crippen LogP contribution >= 0.6 is 11.6 Å². The number of rotatable bonds is 3. The van der Waals surface area contributed by atoms with Gasteiger partial charge in [0.25, 0.3) is 0 Å². The molecule has 2 aromatic carbocycles. The average Bonchev–Trinajstić information content (AvgIpc) is 2.69. The fourth-order valence-electron chi connectivity index (χ4n) is 3.00. The molecule has 2 N–H and O–H groups in total. The Morgan fingerprint density at radius 1 is 1.07 bits per heavy atom. The Hall–Kier alpha value is -3.26. The van der Waals surface area contributed by atoms with Crippen LogP contribution in [0.1, 0.15) is 0 Å². The molecule has 1 atom stereocenters. The number of fused-ring (bicyclic) bond motifs is 1. The van der Waals surface area contributed by atoms with Crippen molar-refractivity contribution in [2.24, 2.45) is 5.92 Å². The molecule has 2 heterocycles.